The van der Waals surface area contributed by atoms with Crippen LogP contribution < -0.4 is 0 Å². The lowest BCUT2D eigenvalue weighted by Gasteiger charge is -2.28. The van der Waals surface area contributed by atoms with E-state index in [1.165, 1.54) is 0 Å². The zero-order valence-corrected chi connectivity index (χ0v) is 10.6. The number of hydrogen-bond donors (Lipinski definition) is 0. The normalized spacial score (nSPS) is 12.5. The van der Waals surface area contributed by atoms with E-state index >= 15 is 0 Å². The van der Waals surface area contributed by atoms with Gasteiger partial charge in [0.05, 0.1) is 5.50 Å². The molecule has 0 bridgehead atoms. The van der Waals surface area contributed by atoms with Gasteiger partial charge in [0.25, 0.3) is 0 Å². The second kappa shape index (κ2) is 6.78. The molecule has 0 aromatic carbocycles. The molecule has 5 heteroatoms. The Balaban J connectivity index is 4.24. The van der Waals surface area contributed by atoms with Gasteiger partial charge in [0.2, 0.25) is 0 Å². The predicted molar refractivity (Wildman–Crippen MR) is 55.9 cm³/mol. The summed E-state index contributed by atoms with van der Waals surface area (Å²) in [7, 11) is -2.57. The Kier molecular flexibility index (Phi) is 6.99. The van der Waals surface area contributed by atoms with Gasteiger partial charge in [0, 0.05) is 19.3 Å². The molecule has 3 nitrogen and oxygen atoms in total. The van der Waals surface area contributed by atoms with Gasteiger partial charge in [-0.1, -0.05) is 0 Å². The molecule has 0 aliphatic heterocycles. The van der Waals surface area contributed by atoms with Crippen LogP contribution in [0.1, 0.15) is 27.7 Å². The highest BCUT2D eigenvalue weighted by molar-refractivity contribution is 6.69. The number of halogens is 1. The Hall–Kier alpha value is 0.387. The highest BCUT2D eigenvalue weighted by atomic mass is 35.5. The van der Waals surface area contributed by atoms with Gasteiger partial charge in [-0.25, -0.2) is 0 Å². The molecule has 0 atom stereocenters. The van der Waals surface area contributed by atoms with Crippen molar-refractivity contribution in [2.75, 3.05) is 18.7 Å². The molecule has 0 unspecified atom stereocenters. The quantitative estimate of drug-likeness (QED) is 0.492. The van der Waals surface area contributed by atoms with E-state index in [-0.39, 0.29) is 6.10 Å². The fourth-order valence-electron chi connectivity index (χ4n) is 1.02. The molecule has 0 spiro atoms. The van der Waals surface area contributed by atoms with Gasteiger partial charge < -0.3 is 13.3 Å². The Morgan fingerprint density at radius 2 is 1.62 bits per heavy atom. The van der Waals surface area contributed by atoms with Crippen LogP contribution in [-0.4, -0.2) is 33.6 Å². The molecule has 0 radical (unpaired) electrons. The Morgan fingerprint density at radius 3 is 1.85 bits per heavy atom. The summed E-state index contributed by atoms with van der Waals surface area (Å²) in [6.45, 7) is 8.88. The van der Waals surface area contributed by atoms with Crippen molar-refractivity contribution in [3.05, 3.63) is 0 Å². The average molecular weight is 227 g/mol. The molecule has 0 aliphatic rings. The molecule has 0 rings (SSSR count). The third-order valence-electron chi connectivity index (χ3n) is 1.31. The van der Waals surface area contributed by atoms with Gasteiger partial charge in [-0.3, -0.25) is 0 Å². The van der Waals surface area contributed by atoms with E-state index in [1.54, 1.807) is 0 Å². The van der Waals surface area contributed by atoms with Crippen molar-refractivity contribution in [2.24, 2.45) is 0 Å². The molecule has 0 fully saturated rings. The van der Waals surface area contributed by atoms with Gasteiger partial charge in [0.15, 0.2) is 0 Å². The molecular formula is C8H19ClO3Si. The maximum absolute atomic E-state index is 5.81. The molecule has 0 aromatic heterocycles. The third-order valence-corrected chi connectivity index (χ3v) is 4.90. The summed E-state index contributed by atoms with van der Waals surface area (Å²) in [6, 6.07) is 0. The second-order valence-corrected chi connectivity index (χ2v) is 6.10. The van der Waals surface area contributed by atoms with Gasteiger partial charge in [0.1, 0.15) is 0 Å². The summed E-state index contributed by atoms with van der Waals surface area (Å²) in [6.07, 6.45) is 0.0866. The predicted octanol–water partition coefficient (Wildman–Crippen LogP) is 2.20. The molecule has 13 heavy (non-hydrogen) atoms. The van der Waals surface area contributed by atoms with Crippen molar-refractivity contribution in [1.29, 1.82) is 0 Å². The fourth-order valence-corrected chi connectivity index (χ4v) is 3.70. The largest absolute Gasteiger partial charge is 0.516 e. The van der Waals surface area contributed by atoms with Crippen LogP contribution in [0.25, 0.3) is 0 Å². The molecule has 0 aromatic rings. The first-order valence-electron chi connectivity index (χ1n) is 4.62. The van der Waals surface area contributed by atoms with E-state index in [0.717, 1.165) is 0 Å². The Labute approximate surface area is 86.7 Å². The van der Waals surface area contributed by atoms with Gasteiger partial charge >= 0.3 is 8.80 Å². The van der Waals surface area contributed by atoms with Crippen LogP contribution in [0.3, 0.4) is 0 Å². The first-order valence-corrected chi connectivity index (χ1v) is 7.08. The van der Waals surface area contributed by atoms with E-state index in [9.17, 15) is 0 Å². The van der Waals surface area contributed by atoms with Crippen molar-refractivity contribution in [1.82, 2.24) is 0 Å². The highest BCUT2D eigenvalue weighted by Crippen LogP contribution is 2.14. The van der Waals surface area contributed by atoms with Crippen molar-refractivity contribution in [3.63, 3.8) is 0 Å². The first kappa shape index (κ1) is 13.4. The van der Waals surface area contributed by atoms with Crippen LogP contribution in [-0.2, 0) is 13.3 Å². The topological polar surface area (TPSA) is 27.7 Å². The second-order valence-electron chi connectivity index (χ2n) is 2.85. The number of alkyl halides is 1. The maximum atomic E-state index is 5.81. The van der Waals surface area contributed by atoms with Crippen LogP contribution >= 0.6 is 11.6 Å². The van der Waals surface area contributed by atoms with E-state index in [0.29, 0.717) is 18.7 Å². The minimum atomic E-state index is -2.57. The summed E-state index contributed by atoms with van der Waals surface area (Å²) >= 11 is 5.81. The fraction of sp³-hybridized carbons (Fsp3) is 1.00. The van der Waals surface area contributed by atoms with Gasteiger partial charge in [-0.15, -0.1) is 11.6 Å². The van der Waals surface area contributed by atoms with Crippen molar-refractivity contribution >= 4 is 20.4 Å². The standard InChI is InChI=1S/C8H19ClO3Si/c1-5-10-13(7-9,11-6-2)12-8(3)4/h8H,5-7H2,1-4H3. The van der Waals surface area contributed by atoms with Crippen LogP contribution in [0.2, 0.25) is 0 Å². The van der Waals surface area contributed by atoms with E-state index in [1.807, 2.05) is 27.7 Å². The Bertz CT molecular complexity index is 127. The van der Waals surface area contributed by atoms with E-state index in [2.05, 4.69) is 0 Å². The van der Waals surface area contributed by atoms with Crippen molar-refractivity contribution in [2.45, 2.75) is 33.8 Å². The maximum Gasteiger partial charge on any atom is 0.516 e. The summed E-state index contributed by atoms with van der Waals surface area (Å²) in [4.78, 5) is 0. The molecule has 0 saturated heterocycles. The third kappa shape index (κ3) is 4.98. The molecule has 0 amide bonds. The van der Waals surface area contributed by atoms with Crippen LogP contribution in [0, 0.1) is 0 Å². The Morgan fingerprint density at radius 1 is 1.15 bits per heavy atom. The zero-order valence-electron chi connectivity index (χ0n) is 8.80. The lowest BCUT2D eigenvalue weighted by atomic mass is 10.5. The lowest BCUT2D eigenvalue weighted by Crippen LogP contribution is -2.50. The summed E-state index contributed by atoms with van der Waals surface area (Å²) in [5, 5.41) is 0. The van der Waals surface area contributed by atoms with Gasteiger partial charge in [-0.2, -0.15) is 0 Å². The van der Waals surface area contributed by atoms with Gasteiger partial charge in [-0.05, 0) is 27.7 Å². The SMILES string of the molecule is CCO[Si](CCl)(OCC)OC(C)C. The molecular weight excluding hydrogens is 208 g/mol. The minimum absolute atomic E-state index is 0.0866. The molecule has 0 saturated carbocycles. The lowest BCUT2D eigenvalue weighted by molar-refractivity contribution is 0.0493. The number of rotatable bonds is 7. The molecule has 80 valence electrons. The first-order chi connectivity index (χ1) is 6.10. The van der Waals surface area contributed by atoms with Crippen LogP contribution in [0.4, 0.5) is 0 Å². The molecule has 0 heterocycles. The monoisotopic (exact) mass is 226 g/mol. The van der Waals surface area contributed by atoms with Crippen LogP contribution in [0.5, 0.6) is 0 Å². The highest BCUT2D eigenvalue weighted by Gasteiger charge is 2.40. The van der Waals surface area contributed by atoms with Crippen molar-refractivity contribution < 1.29 is 13.3 Å². The minimum Gasteiger partial charge on any atom is -0.373 e. The van der Waals surface area contributed by atoms with Crippen LogP contribution in [0.15, 0.2) is 0 Å². The molecule has 0 aliphatic carbocycles. The number of hydrogen-bond acceptors (Lipinski definition) is 3. The van der Waals surface area contributed by atoms with E-state index < -0.39 is 8.80 Å². The van der Waals surface area contributed by atoms with Crippen molar-refractivity contribution in [3.8, 4) is 0 Å². The van der Waals surface area contributed by atoms with E-state index in [4.69, 9.17) is 24.9 Å². The average Bonchev–Trinajstić information content (AvgIpc) is 2.04. The summed E-state index contributed by atoms with van der Waals surface area (Å²) < 4.78 is 16.6. The zero-order chi connectivity index (χ0) is 10.3. The molecule has 0 N–H and O–H groups in total. The smallest absolute Gasteiger partial charge is 0.373 e. The summed E-state index contributed by atoms with van der Waals surface area (Å²) in [5.41, 5.74) is 0.312. The summed E-state index contributed by atoms with van der Waals surface area (Å²) in [5.74, 6) is 0.